The van der Waals surface area contributed by atoms with E-state index >= 15 is 0 Å². The number of ether oxygens (including phenoxy) is 1. The number of carbonyl (C=O) groups excluding carboxylic acids is 1. The van der Waals surface area contributed by atoms with Crippen molar-refractivity contribution in [1.29, 1.82) is 0 Å². The molecular formula is C12H22N2O2S. The number of hydrogen-bond donors (Lipinski definition) is 2. The highest BCUT2D eigenvalue weighted by molar-refractivity contribution is 7.99. The van der Waals surface area contributed by atoms with Crippen LogP contribution < -0.4 is 11.1 Å². The number of amides is 1. The molecule has 2 unspecified atom stereocenters. The van der Waals surface area contributed by atoms with E-state index in [1.807, 2.05) is 11.8 Å². The minimum atomic E-state index is -0.425. The number of primary amides is 1. The van der Waals surface area contributed by atoms with Crippen LogP contribution in [0.25, 0.3) is 0 Å². The Hall–Kier alpha value is -0.260. The molecule has 0 radical (unpaired) electrons. The molecular weight excluding hydrogens is 236 g/mol. The molecule has 2 saturated carbocycles. The molecule has 2 aliphatic carbocycles. The van der Waals surface area contributed by atoms with Crippen LogP contribution in [-0.2, 0) is 9.53 Å². The predicted molar refractivity (Wildman–Crippen MR) is 70.1 cm³/mol. The van der Waals surface area contributed by atoms with Crippen molar-refractivity contribution < 1.29 is 9.53 Å². The van der Waals surface area contributed by atoms with Crippen molar-refractivity contribution in [1.82, 2.24) is 5.32 Å². The summed E-state index contributed by atoms with van der Waals surface area (Å²) in [5.74, 6) is 0.832. The molecule has 0 bridgehead atoms. The van der Waals surface area contributed by atoms with Crippen LogP contribution >= 0.6 is 11.8 Å². The van der Waals surface area contributed by atoms with E-state index in [0.717, 1.165) is 31.6 Å². The van der Waals surface area contributed by atoms with E-state index in [0.29, 0.717) is 11.3 Å². The highest BCUT2D eigenvalue weighted by Crippen LogP contribution is 2.39. The minimum absolute atomic E-state index is 0.167. The zero-order chi connectivity index (χ0) is 12.3. The van der Waals surface area contributed by atoms with Gasteiger partial charge in [-0.3, -0.25) is 4.79 Å². The second-order valence-electron chi connectivity index (χ2n) is 5.09. The molecule has 2 aliphatic rings. The molecule has 0 spiro atoms. The molecule has 3 N–H and O–H groups in total. The predicted octanol–water partition coefficient (Wildman–Crippen LogP) is 0.895. The first-order chi connectivity index (χ1) is 8.16. The molecule has 0 heterocycles. The molecule has 2 fully saturated rings. The van der Waals surface area contributed by atoms with Crippen molar-refractivity contribution in [3.05, 3.63) is 0 Å². The van der Waals surface area contributed by atoms with E-state index in [9.17, 15) is 4.79 Å². The van der Waals surface area contributed by atoms with Gasteiger partial charge in [0.25, 0.3) is 0 Å². The zero-order valence-corrected chi connectivity index (χ0v) is 11.2. The fourth-order valence-corrected chi connectivity index (χ4v) is 3.77. The van der Waals surface area contributed by atoms with Crippen LogP contribution in [0.15, 0.2) is 0 Å². The lowest BCUT2D eigenvalue weighted by molar-refractivity contribution is -0.124. The smallest absolute Gasteiger partial charge is 0.237 e. The highest BCUT2D eigenvalue weighted by atomic mass is 32.2. The molecule has 0 aromatic heterocycles. The third-order valence-corrected chi connectivity index (χ3v) is 4.92. The lowest BCUT2D eigenvalue weighted by Gasteiger charge is -2.27. The topological polar surface area (TPSA) is 64.3 Å². The Morgan fingerprint density at radius 3 is 2.88 bits per heavy atom. The van der Waals surface area contributed by atoms with Gasteiger partial charge in [0.15, 0.2) is 0 Å². The van der Waals surface area contributed by atoms with Gasteiger partial charge < -0.3 is 15.8 Å². The van der Waals surface area contributed by atoms with Gasteiger partial charge in [0, 0.05) is 24.2 Å². The largest absolute Gasteiger partial charge is 0.384 e. The van der Waals surface area contributed by atoms with Gasteiger partial charge in [-0.05, 0) is 32.1 Å². The van der Waals surface area contributed by atoms with Crippen molar-refractivity contribution in [2.24, 2.45) is 5.73 Å². The van der Waals surface area contributed by atoms with Gasteiger partial charge in [-0.2, -0.15) is 11.8 Å². The van der Waals surface area contributed by atoms with Crippen molar-refractivity contribution in [2.75, 3.05) is 19.5 Å². The van der Waals surface area contributed by atoms with E-state index in [2.05, 4.69) is 5.32 Å². The Labute approximate surface area is 107 Å². The Morgan fingerprint density at radius 1 is 1.53 bits per heavy atom. The van der Waals surface area contributed by atoms with Gasteiger partial charge >= 0.3 is 0 Å². The third kappa shape index (κ3) is 3.36. The van der Waals surface area contributed by atoms with Gasteiger partial charge in [0.05, 0.1) is 12.1 Å². The summed E-state index contributed by atoms with van der Waals surface area (Å²) in [6.07, 6.45) is 5.24. The number of hydrogen-bond acceptors (Lipinski definition) is 4. The Morgan fingerprint density at radius 2 is 2.29 bits per heavy atom. The summed E-state index contributed by atoms with van der Waals surface area (Å²) in [6, 6.07) is 0.533. The quantitative estimate of drug-likeness (QED) is 0.666. The first-order valence-corrected chi connectivity index (χ1v) is 7.39. The lowest BCUT2D eigenvalue weighted by atomic mass is 9.96. The number of rotatable bonds is 7. The number of nitrogens with two attached hydrogens (primary N) is 1. The van der Waals surface area contributed by atoms with E-state index in [1.165, 1.54) is 12.8 Å². The lowest BCUT2D eigenvalue weighted by Crippen LogP contribution is -2.54. The highest BCUT2D eigenvalue weighted by Gasteiger charge is 2.46. The summed E-state index contributed by atoms with van der Waals surface area (Å²) in [7, 11) is 1.72. The number of carbonyl (C=O) groups is 1. The van der Waals surface area contributed by atoms with Crippen LogP contribution in [0.5, 0.6) is 0 Å². The van der Waals surface area contributed by atoms with Crippen LogP contribution in [0.4, 0.5) is 0 Å². The monoisotopic (exact) mass is 258 g/mol. The molecule has 2 rings (SSSR count). The van der Waals surface area contributed by atoms with Crippen molar-refractivity contribution in [3.63, 3.8) is 0 Å². The van der Waals surface area contributed by atoms with Crippen molar-refractivity contribution in [3.8, 4) is 0 Å². The van der Waals surface area contributed by atoms with Gasteiger partial charge in [-0.25, -0.2) is 0 Å². The fraction of sp³-hybridized carbons (Fsp3) is 0.917. The summed E-state index contributed by atoms with van der Waals surface area (Å²) in [5, 5.41) is 4.01. The third-order valence-electron chi connectivity index (χ3n) is 3.64. The summed E-state index contributed by atoms with van der Waals surface area (Å²) in [4.78, 5) is 11.7. The summed E-state index contributed by atoms with van der Waals surface area (Å²) >= 11 is 1.90. The van der Waals surface area contributed by atoms with Crippen LogP contribution in [0, 0.1) is 0 Å². The molecule has 0 aromatic carbocycles. The van der Waals surface area contributed by atoms with Crippen molar-refractivity contribution in [2.45, 2.75) is 48.9 Å². The molecule has 5 heteroatoms. The van der Waals surface area contributed by atoms with E-state index in [1.54, 1.807) is 7.11 Å². The van der Waals surface area contributed by atoms with Gasteiger partial charge in [0.1, 0.15) is 0 Å². The average molecular weight is 258 g/mol. The maximum Gasteiger partial charge on any atom is 0.237 e. The summed E-state index contributed by atoms with van der Waals surface area (Å²) in [5.41, 5.74) is 5.17. The molecule has 4 nitrogen and oxygen atoms in total. The van der Waals surface area contributed by atoms with E-state index < -0.39 is 5.54 Å². The Bertz CT molecular complexity index is 284. The molecule has 17 heavy (non-hydrogen) atoms. The maximum absolute atomic E-state index is 11.7. The van der Waals surface area contributed by atoms with Crippen LogP contribution in [0.3, 0.4) is 0 Å². The molecule has 98 valence electrons. The first kappa shape index (κ1) is 13.2. The van der Waals surface area contributed by atoms with Gasteiger partial charge in [-0.15, -0.1) is 0 Å². The van der Waals surface area contributed by atoms with Crippen LogP contribution in [-0.4, -0.2) is 42.2 Å². The average Bonchev–Trinajstić information content (AvgIpc) is 2.99. The second kappa shape index (κ2) is 5.59. The number of methoxy groups -OCH3 is 1. The standard InChI is InChI=1S/C12H22N2O2S/c1-16-6-7-17-10-4-5-12(8-10,11(13)15)14-9-2-3-9/h9-10,14H,2-8H2,1H3,(H2,13,15). The first-order valence-electron chi connectivity index (χ1n) is 6.34. The van der Waals surface area contributed by atoms with Gasteiger partial charge in [0.2, 0.25) is 5.91 Å². The van der Waals surface area contributed by atoms with Gasteiger partial charge in [-0.1, -0.05) is 0 Å². The SMILES string of the molecule is COCCSC1CCC(NC2CC2)(C(N)=O)C1. The molecule has 0 aliphatic heterocycles. The Balaban J connectivity index is 1.84. The van der Waals surface area contributed by atoms with E-state index in [-0.39, 0.29) is 5.91 Å². The minimum Gasteiger partial charge on any atom is -0.384 e. The molecule has 2 atom stereocenters. The number of thioether (sulfide) groups is 1. The number of nitrogens with one attached hydrogen (secondary N) is 1. The van der Waals surface area contributed by atoms with Crippen molar-refractivity contribution >= 4 is 17.7 Å². The normalized spacial score (nSPS) is 32.9. The molecule has 1 amide bonds. The Kier molecular flexibility index (Phi) is 4.33. The summed E-state index contributed by atoms with van der Waals surface area (Å²) < 4.78 is 5.05. The fourth-order valence-electron chi connectivity index (χ4n) is 2.48. The van der Waals surface area contributed by atoms with Crippen LogP contribution in [0.2, 0.25) is 0 Å². The van der Waals surface area contributed by atoms with Crippen LogP contribution in [0.1, 0.15) is 32.1 Å². The summed E-state index contributed by atoms with van der Waals surface area (Å²) in [6.45, 7) is 0.779. The molecule has 0 aromatic rings. The van der Waals surface area contributed by atoms with E-state index in [4.69, 9.17) is 10.5 Å². The molecule has 0 saturated heterocycles. The maximum atomic E-state index is 11.7. The zero-order valence-electron chi connectivity index (χ0n) is 10.4. The second-order valence-corrected chi connectivity index (χ2v) is 6.50.